The first-order valence-electron chi connectivity index (χ1n) is 6.73. The number of aliphatic hydroxyl groups excluding tert-OH is 1. The summed E-state index contributed by atoms with van der Waals surface area (Å²) in [5.74, 6) is 1.43. The average Bonchev–Trinajstić information content (AvgIpc) is 2.79. The van der Waals surface area contributed by atoms with Crippen LogP contribution in [0, 0.1) is 5.41 Å². The molecule has 2 rings (SSSR count). The Morgan fingerprint density at radius 1 is 1.44 bits per heavy atom. The Morgan fingerprint density at radius 3 is 2.72 bits per heavy atom. The summed E-state index contributed by atoms with van der Waals surface area (Å²) in [4.78, 5) is 4.32. The Kier molecular flexibility index (Phi) is 4.02. The zero-order chi connectivity index (χ0) is 13.2. The molecule has 0 bridgehead atoms. The van der Waals surface area contributed by atoms with Gasteiger partial charge in [-0.1, -0.05) is 19.0 Å². The van der Waals surface area contributed by atoms with E-state index in [9.17, 15) is 5.11 Å². The molecular weight excluding hydrogens is 230 g/mol. The van der Waals surface area contributed by atoms with E-state index in [0.717, 1.165) is 18.7 Å². The summed E-state index contributed by atoms with van der Waals surface area (Å²) in [7, 11) is 0. The van der Waals surface area contributed by atoms with Crippen LogP contribution in [0.1, 0.15) is 69.7 Å². The van der Waals surface area contributed by atoms with Crippen LogP contribution in [0.4, 0.5) is 0 Å². The summed E-state index contributed by atoms with van der Waals surface area (Å²) in [6, 6.07) is 0. The molecule has 0 aromatic carbocycles. The van der Waals surface area contributed by atoms with Crippen LogP contribution in [0.5, 0.6) is 0 Å². The van der Waals surface area contributed by atoms with Crippen LogP contribution in [-0.2, 0) is 0 Å². The zero-order valence-corrected chi connectivity index (χ0v) is 11.2. The Hall–Kier alpha value is -0.940. The summed E-state index contributed by atoms with van der Waals surface area (Å²) in [6.07, 6.45) is 4.30. The lowest BCUT2D eigenvalue weighted by Gasteiger charge is -2.32. The number of aromatic nitrogens is 2. The van der Waals surface area contributed by atoms with Crippen LogP contribution < -0.4 is 5.73 Å². The summed E-state index contributed by atoms with van der Waals surface area (Å²) >= 11 is 0. The van der Waals surface area contributed by atoms with Gasteiger partial charge in [-0.2, -0.15) is 4.98 Å². The fraction of sp³-hybridized carbons (Fsp3) is 0.846. The molecule has 1 aliphatic rings. The first kappa shape index (κ1) is 13.5. The van der Waals surface area contributed by atoms with Gasteiger partial charge in [0.2, 0.25) is 0 Å². The minimum Gasteiger partial charge on any atom is -0.383 e. The second-order valence-electron chi connectivity index (χ2n) is 6.02. The molecule has 1 saturated carbocycles. The molecule has 3 N–H and O–H groups in total. The molecule has 0 spiro atoms. The predicted molar refractivity (Wildman–Crippen MR) is 67.9 cm³/mol. The fourth-order valence-electron chi connectivity index (χ4n) is 2.49. The van der Waals surface area contributed by atoms with Crippen molar-refractivity contribution in [3.63, 3.8) is 0 Å². The van der Waals surface area contributed by atoms with Gasteiger partial charge in [-0.25, -0.2) is 0 Å². The molecule has 1 aromatic heterocycles. The molecule has 5 heteroatoms. The van der Waals surface area contributed by atoms with E-state index in [1.807, 2.05) is 0 Å². The van der Waals surface area contributed by atoms with E-state index in [0.29, 0.717) is 30.2 Å². The van der Waals surface area contributed by atoms with Gasteiger partial charge >= 0.3 is 0 Å². The van der Waals surface area contributed by atoms with Crippen molar-refractivity contribution in [2.75, 3.05) is 6.54 Å². The van der Waals surface area contributed by atoms with Crippen molar-refractivity contribution < 1.29 is 9.63 Å². The number of aliphatic hydroxyl groups is 1. The van der Waals surface area contributed by atoms with Gasteiger partial charge in [0.1, 0.15) is 6.10 Å². The maximum absolute atomic E-state index is 9.74. The van der Waals surface area contributed by atoms with Gasteiger partial charge in [-0.15, -0.1) is 0 Å². The van der Waals surface area contributed by atoms with E-state index in [1.165, 1.54) is 12.8 Å². The quantitative estimate of drug-likeness (QED) is 0.858. The third kappa shape index (κ3) is 3.09. The topological polar surface area (TPSA) is 85.2 Å². The molecule has 102 valence electrons. The molecule has 0 aliphatic heterocycles. The van der Waals surface area contributed by atoms with Crippen molar-refractivity contribution in [3.8, 4) is 0 Å². The molecule has 0 amide bonds. The molecular formula is C13H23N3O2. The van der Waals surface area contributed by atoms with Gasteiger partial charge in [0.05, 0.1) is 0 Å². The van der Waals surface area contributed by atoms with Crippen LogP contribution in [0.25, 0.3) is 0 Å². The number of nitrogens with two attached hydrogens (primary N) is 1. The third-order valence-electron chi connectivity index (χ3n) is 3.89. The van der Waals surface area contributed by atoms with Crippen molar-refractivity contribution in [1.29, 1.82) is 0 Å². The van der Waals surface area contributed by atoms with E-state index in [4.69, 9.17) is 10.3 Å². The van der Waals surface area contributed by atoms with Crippen molar-refractivity contribution in [2.24, 2.45) is 11.1 Å². The van der Waals surface area contributed by atoms with Gasteiger partial charge in [0.25, 0.3) is 5.89 Å². The smallest absolute Gasteiger partial charge is 0.255 e. The monoisotopic (exact) mass is 253 g/mol. The summed E-state index contributed by atoms with van der Waals surface area (Å²) in [6.45, 7) is 5.02. The second kappa shape index (κ2) is 5.36. The van der Waals surface area contributed by atoms with E-state index in [2.05, 4.69) is 24.0 Å². The van der Waals surface area contributed by atoms with Gasteiger partial charge in [-0.05, 0) is 44.1 Å². The van der Waals surface area contributed by atoms with Crippen LogP contribution >= 0.6 is 0 Å². The molecule has 1 heterocycles. The van der Waals surface area contributed by atoms with Crippen LogP contribution in [0.3, 0.4) is 0 Å². The Labute approximate surface area is 108 Å². The van der Waals surface area contributed by atoms with E-state index in [1.54, 1.807) is 0 Å². The summed E-state index contributed by atoms with van der Waals surface area (Å²) in [5, 5.41) is 13.7. The average molecular weight is 253 g/mol. The highest BCUT2D eigenvalue weighted by Gasteiger charge is 2.30. The SMILES string of the molecule is CC1(C)CCC(c2noc([C@@H](O)CCN)n2)CC1. The summed E-state index contributed by atoms with van der Waals surface area (Å²) in [5.41, 5.74) is 5.83. The number of hydrogen-bond donors (Lipinski definition) is 2. The molecule has 0 unspecified atom stereocenters. The Bertz CT molecular complexity index is 379. The first-order chi connectivity index (χ1) is 8.52. The van der Waals surface area contributed by atoms with Crippen molar-refractivity contribution in [1.82, 2.24) is 10.1 Å². The highest BCUT2D eigenvalue weighted by atomic mass is 16.5. The molecule has 1 aliphatic carbocycles. The lowest BCUT2D eigenvalue weighted by Crippen LogP contribution is -2.20. The van der Waals surface area contributed by atoms with Crippen molar-refractivity contribution in [2.45, 2.75) is 58.0 Å². The van der Waals surface area contributed by atoms with E-state index < -0.39 is 6.10 Å². The number of hydrogen-bond acceptors (Lipinski definition) is 5. The van der Waals surface area contributed by atoms with Crippen molar-refractivity contribution >= 4 is 0 Å². The molecule has 18 heavy (non-hydrogen) atoms. The minimum atomic E-state index is -0.726. The van der Waals surface area contributed by atoms with Gasteiger partial charge in [0, 0.05) is 5.92 Å². The minimum absolute atomic E-state index is 0.306. The second-order valence-corrected chi connectivity index (χ2v) is 6.02. The Balaban J connectivity index is 1.98. The molecule has 0 saturated heterocycles. The molecule has 5 nitrogen and oxygen atoms in total. The highest BCUT2D eigenvalue weighted by molar-refractivity contribution is 5.00. The van der Waals surface area contributed by atoms with E-state index >= 15 is 0 Å². The largest absolute Gasteiger partial charge is 0.383 e. The maximum Gasteiger partial charge on any atom is 0.255 e. The molecule has 1 fully saturated rings. The normalized spacial score (nSPS) is 22.0. The van der Waals surface area contributed by atoms with Crippen molar-refractivity contribution in [3.05, 3.63) is 11.7 Å². The lowest BCUT2D eigenvalue weighted by molar-refractivity contribution is 0.127. The number of rotatable bonds is 4. The molecule has 0 radical (unpaired) electrons. The van der Waals surface area contributed by atoms with Crippen LogP contribution in [0.2, 0.25) is 0 Å². The maximum atomic E-state index is 9.74. The highest BCUT2D eigenvalue weighted by Crippen LogP contribution is 2.41. The molecule has 1 atom stereocenters. The van der Waals surface area contributed by atoms with Crippen LogP contribution in [-0.4, -0.2) is 21.8 Å². The molecule has 1 aromatic rings. The van der Waals surface area contributed by atoms with Gasteiger partial charge < -0.3 is 15.4 Å². The van der Waals surface area contributed by atoms with Gasteiger partial charge in [-0.3, -0.25) is 0 Å². The summed E-state index contributed by atoms with van der Waals surface area (Å²) < 4.78 is 5.12. The Morgan fingerprint density at radius 2 is 2.11 bits per heavy atom. The first-order valence-corrected chi connectivity index (χ1v) is 6.73. The fourth-order valence-corrected chi connectivity index (χ4v) is 2.49. The zero-order valence-electron chi connectivity index (χ0n) is 11.2. The third-order valence-corrected chi connectivity index (χ3v) is 3.89. The van der Waals surface area contributed by atoms with Crippen LogP contribution in [0.15, 0.2) is 4.52 Å². The number of nitrogens with zero attached hydrogens (tertiary/aromatic N) is 2. The van der Waals surface area contributed by atoms with Gasteiger partial charge in [0.15, 0.2) is 5.82 Å². The lowest BCUT2D eigenvalue weighted by atomic mass is 9.73. The van der Waals surface area contributed by atoms with E-state index in [-0.39, 0.29) is 0 Å². The standard InChI is InChI=1S/C13H23N3O2/c1-13(2)6-3-9(4-7-13)11-15-12(18-16-11)10(17)5-8-14/h9-10,17H,3-8,14H2,1-2H3/t10-/m0/s1. The predicted octanol–water partition coefficient (Wildman–Crippen LogP) is 2.14.